The molecule has 0 atom stereocenters. The van der Waals surface area contributed by atoms with E-state index in [1.807, 2.05) is 37.3 Å². The molecule has 1 aromatic carbocycles. The van der Waals surface area contributed by atoms with E-state index in [9.17, 15) is 4.79 Å². The fourth-order valence-electron chi connectivity index (χ4n) is 1.83. The van der Waals surface area contributed by atoms with E-state index in [0.717, 1.165) is 11.3 Å². The zero-order chi connectivity index (χ0) is 14.4. The lowest BCUT2D eigenvalue weighted by Gasteiger charge is -2.05. The molecular weight excluding hydrogens is 256 g/mol. The Labute approximate surface area is 117 Å². The first-order chi connectivity index (χ1) is 9.72. The molecule has 0 aliphatic heterocycles. The van der Waals surface area contributed by atoms with E-state index in [1.54, 1.807) is 11.8 Å². The minimum Gasteiger partial charge on any atom is -0.383 e. The second-order valence-corrected chi connectivity index (χ2v) is 4.42. The van der Waals surface area contributed by atoms with E-state index in [1.165, 1.54) is 0 Å². The Morgan fingerprint density at radius 2 is 2.10 bits per heavy atom. The van der Waals surface area contributed by atoms with Crippen LogP contribution >= 0.6 is 0 Å². The van der Waals surface area contributed by atoms with Crippen molar-refractivity contribution < 1.29 is 9.53 Å². The Hall–Kier alpha value is -2.21. The van der Waals surface area contributed by atoms with Crippen LogP contribution in [0.25, 0.3) is 0 Å². The third-order valence-corrected chi connectivity index (χ3v) is 2.96. The predicted molar refractivity (Wildman–Crippen MR) is 74.5 cm³/mol. The van der Waals surface area contributed by atoms with Gasteiger partial charge in [-0.2, -0.15) is 0 Å². The normalized spacial score (nSPS) is 10.5. The lowest BCUT2D eigenvalue weighted by atomic mass is 10.2. The van der Waals surface area contributed by atoms with E-state index in [0.29, 0.717) is 25.4 Å². The first-order valence-electron chi connectivity index (χ1n) is 6.43. The lowest BCUT2D eigenvalue weighted by Crippen LogP contribution is -2.28. The standard InChI is InChI=1S/C14H18N4O2/c1-11-13(14(19)15-8-9-20-2)16-17-18(11)10-12-6-4-3-5-7-12/h3-7H,8-10H2,1-2H3,(H,15,19). The van der Waals surface area contributed by atoms with Crippen molar-refractivity contribution in [3.8, 4) is 0 Å². The molecular formula is C14H18N4O2. The zero-order valence-corrected chi connectivity index (χ0v) is 11.7. The number of nitrogens with one attached hydrogen (secondary N) is 1. The van der Waals surface area contributed by atoms with Crippen molar-refractivity contribution in [2.75, 3.05) is 20.3 Å². The molecule has 2 rings (SSSR count). The molecule has 0 aliphatic rings. The van der Waals surface area contributed by atoms with Crippen LogP contribution in [-0.2, 0) is 11.3 Å². The van der Waals surface area contributed by atoms with Crippen LogP contribution in [0.3, 0.4) is 0 Å². The first-order valence-corrected chi connectivity index (χ1v) is 6.43. The van der Waals surface area contributed by atoms with Gasteiger partial charge in [0.25, 0.3) is 5.91 Å². The maximum atomic E-state index is 11.9. The van der Waals surface area contributed by atoms with Crippen molar-refractivity contribution in [3.05, 3.63) is 47.3 Å². The van der Waals surface area contributed by atoms with Gasteiger partial charge in [-0.15, -0.1) is 5.10 Å². The molecule has 2 aromatic rings. The number of carbonyl (C=O) groups is 1. The molecule has 1 amide bonds. The molecule has 106 valence electrons. The van der Waals surface area contributed by atoms with Gasteiger partial charge in [0.2, 0.25) is 0 Å². The SMILES string of the molecule is COCCNC(=O)c1nnn(Cc2ccccc2)c1C. The molecule has 1 aromatic heterocycles. The summed E-state index contributed by atoms with van der Waals surface area (Å²) in [5.74, 6) is -0.223. The second-order valence-electron chi connectivity index (χ2n) is 4.42. The highest BCUT2D eigenvalue weighted by Gasteiger charge is 2.15. The van der Waals surface area contributed by atoms with Crippen LogP contribution in [0.2, 0.25) is 0 Å². The molecule has 0 saturated heterocycles. The van der Waals surface area contributed by atoms with Crippen LogP contribution in [0.1, 0.15) is 21.7 Å². The van der Waals surface area contributed by atoms with E-state index in [-0.39, 0.29) is 5.91 Å². The van der Waals surface area contributed by atoms with Crippen molar-refractivity contribution in [2.24, 2.45) is 0 Å². The van der Waals surface area contributed by atoms with Gasteiger partial charge < -0.3 is 10.1 Å². The fourth-order valence-corrected chi connectivity index (χ4v) is 1.83. The summed E-state index contributed by atoms with van der Waals surface area (Å²) < 4.78 is 6.61. The van der Waals surface area contributed by atoms with Gasteiger partial charge in [0.05, 0.1) is 18.8 Å². The summed E-state index contributed by atoms with van der Waals surface area (Å²) in [7, 11) is 1.59. The van der Waals surface area contributed by atoms with Gasteiger partial charge >= 0.3 is 0 Å². The van der Waals surface area contributed by atoms with Gasteiger partial charge in [-0.25, -0.2) is 4.68 Å². The summed E-state index contributed by atoms with van der Waals surface area (Å²) in [6.07, 6.45) is 0. The summed E-state index contributed by atoms with van der Waals surface area (Å²) >= 11 is 0. The highest BCUT2D eigenvalue weighted by atomic mass is 16.5. The quantitative estimate of drug-likeness (QED) is 0.798. The number of carbonyl (C=O) groups excluding carboxylic acids is 1. The summed E-state index contributed by atoms with van der Waals surface area (Å²) in [6, 6.07) is 9.94. The van der Waals surface area contributed by atoms with Crippen molar-refractivity contribution >= 4 is 5.91 Å². The lowest BCUT2D eigenvalue weighted by molar-refractivity contribution is 0.0931. The van der Waals surface area contributed by atoms with Crippen LogP contribution in [0.15, 0.2) is 30.3 Å². The summed E-state index contributed by atoms with van der Waals surface area (Å²) in [5, 5.41) is 10.7. The summed E-state index contributed by atoms with van der Waals surface area (Å²) in [5.41, 5.74) is 2.23. The van der Waals surface area contributed by atoms with Gasteiger partial charge in [0, 0.05) is 13.7 Å². The molecule has 0 radical (unpaired) electrons. The van der Waals surface area contributed by atoms with Crippen molar-refractivity contribution in [3.63, 3.8) is 0 Å². The molecule has 0 unspecified atom stereocenters. The molecule has 1 heterocycles. The maximum absolute atomic E-state index is 11.9. The molecule has 0 bridgehead atoms. The number of hydrogen-bond donors (Lipinski definition) is 1. The number of benzene rings is 1. The summed E-state index contributed by atoms with van der Waals surface area (Å²) in [4.78, 5) is 11.9. The van der Waals surface area contributed by atoms with E-state index < -0.39 is 0 Å². The minimum absolute atomic E-state index is 0.223. The molecule has 6 nitrogen and oxygen atoms in total. The Morgan fingerprint density at radius 1 is 1.35 bits per heavy atom. The third-order valence-electron chi connectivity index (χ3n) is 2.96. The molecule has 0 saturated carbocycles. The van der Waals surface area contributed by atoms with Crippen LogP contribution in [0.4, 0.5) is 0 Å². The van der Waals surface area contributed by atoms with Crippen LogP contribution in [0.5, 0.6) is 0 Å². The number of aromatic nitrogens is 3. The number of nitrogens with zero attached hydrogens (tertiary/aromatic N) is 3. The minimum atomic E-state index is -0.223. The molecule has 0 fully saturated rings. The Bertz CT molecular complexity index is 566. The Balaban J connectivity index is 2.05. The Kier molecular flexibility index (Phi) is 4.84. The van der Waals surface area contributed by atoms with Crippen LogP contribution in [0, 0.1) is 6.92 Å². The predicted octanol–water partition coefficient (Wildman–Crippen LogP) is 1.01. The fraction of sp³-hybridized carbons (Fsp3) is 0.357. The number of rotatable bonds is 6. The maximum Gasteiger partial charge on any atom is 0.273 e. The van der Waals surface area contributed by atoms with Gasteiger partial charge in [-0.3, -0.25) is 4.79 Å². The van der Waals surface area contributed by atoms with E-state index in [2.05, 4.69) is 15.6 Å². The number of methoxy groups -OCH3 is 1. The monoisotopic (exact) mass is 274 g/mol. The highest BCUT2D eigenvalue weighted by Crippen LogP contribution is 2.07. The number of ether oxygens (including phenoxy) is 1. The highest BCUT2D eigenvalue weighted by molar-refractivity contribution is 5.93. The smallest absolute Gasteiger partial charge is 0.273 e. The van der Waals surface area contributed by atoms with Crippen molar-refractivity contribution in [2.45, 2.75) is 13.5 Å². The third kappa shape index (κ3) is 3.42. The molecule has 1 N–H and O–H groups in total. The van der Waals surface area contributed by atoms with Gasteiger partial charge in [0.15, 0.2) is 5.69 Å². The van der Waals surface area contributed by atoms with Crippen molar-refractivity contribution in [1.82, 2.24) is 20.3 Å². The molecule has 0 aliphatic carbocycles. The average Bonchev–Trinajstić information content (AvgIpc) is 2.82. The molecule has 6 heteroatoms. The second kappa shape index (κ2) is 6.81. The van der Waals surface area contributed by atoms with Gasteiger partial charge in [-0.05, 0) is 12.5 Å². The number of hydrogen-bond acceptors (Lipinski definition) is 4. The van der Waals surface area contributed by atoms with Crippen LogP contribution < -0.4 is 5.32 Å². The van der Waals surface area contributed by atoms with Crippen LogP contribution in [-0.4, -0.2) is 41.2 Å². The Morgan fingerprint density at radius 3 is 2.80 bits per heavy atom. The molecule has 0 spiro atoms. The average molecular weight is 274 g/mol. The zero-order valence-electron chi connectivity index (χ0n) is 11.7. The largest absolute Gasteiger partial charge is 0.383 e. The van der Waals surface area contributed by atoms with E-state index >= 15 is 0 Å². The van der Waals surface area contributed by atoms with Gasteiger partial charge in [0.1, 0.15) is 0 Å². The molecule has 20 heavy (non-hydrogen) atoms. The first kappa shape index (κ1) is 14.2. The topological polar surface area (TPSA) is 69.0 Å². The van der Waals surface area contributed by atoms with E-state index in [4.69, 9.17) is 4.74 Å². The van der Waals surface area contributed by atoms with Crippen molar-refractivity contribution in [1.29, 1.82) is 0 Å². The number of amides is 1. The summed E-state index contributed by atoms with van der Waals surface area (Å²) in [6.45, 7) is 3.38. The van der Waals surface area contributed by atoms with Gasteiger partial charge in [-0.1, -0.05) is 35.5 Å².